The number of aliphatic hydroxyl groups is 1. The van der Waals surface area contributed by atoms with Crippen molar-refractivity contribution in [2.24, 2.45) is 40.9 Å². The highest BCUT2D eigenvalue weighted by Gasteiger charge is 2.58. The van der Waals surface area contributed by atoms with Crippen molar-refractivity contribution in [3.8, 4) is 0 Å². The predicted molar refractivity (Wildman–Crippen MR) is 101 cm³/mol. The maximum atomic E-state index is 11.9. The van der Waals surface area contributed by atoms with E-state index in [9.17, 15) is 9.90 Å². The molecule has 3 saturated carbocycles. The van der Waals surface area contributed by atoms with Gasteiger partial charge in [-0.2, -0.15) is 0 Å². The van der Waals surface area contributed by atoms with Crippen molar-refractivity contribution in [2.45, 2.75) is 84.7 Å². The molecule has 2 heteroatoms. The maximum absolute atomic E-state index is 11.9. The summed E-state index contributed by atoms with van der Waals surface area (Å²) < 4.78 is 0. The SMILES string of the molecule is CCC[C@@H](O)[C@@H]1CC[C@@H]2[C@H]3[C@H](CC[C@@]21C)[C@H]1CCC(=O)C=C1C[C@H]3C. The second-order valence-corrected chi connectivity index (χ2v) is 9.94. The van der Waals surface area contributed by atoms with Crippen molar-refractivity contribution in [1.82, 2.24) is 0 Å². The number of aliphatic hydroxyl groups excluding tert-OH is 1. The van der Waals surface area contributed by atoms with Gasteiger partial charge < -0.3 is 5.11 Å². The summed E-state index contributed by atoms with van der Waals surface area (Å²) in [6, 6.07) is 0. The number of rotatable bonds is 3. The van der Waals surface area contributed by atoms with Crippen LogP contribution in [-0.2, 0) is 4.79 Å². The van der Waals surface area contributed by atoms with Crippen molar-refractivity contribution >= 4 is 5.78 Å². The molecule has 0 aliphatic heterocycles. The summed E-state index contributed by atoms with van der Waals surface area (Å²) in [5, 5.41) is 10.8. The van der Waals surface area contributed by atoms with E-state index in [0.29, 0.717) is 29.0 Å². The number of carbonyl (C=O) groups excluding carboxylic acids is 1. The molecule has 0 aromatic carbocycles. The lowest BCUT2D eigenvalue weighted by Crippen LogP contribution is -2.50. The Kier molecular flexibility index (Phi) is 4.63. The fourth-order valence-electron chi connectivity index (χ4n) is 7.76. The van der Waals surface area contributed by atoms with Crippen LogP contribution in [-0.4, -0.2) is 17.0 Å². The van der Waals surface area contributed by atoms with E-state index in [1.54, 1.807) is 0 Å². The highest BCUT2D eigenvalue weighted by atomic mass is 16.3. The molecule has 0 aromatic rings. The van der Waals surface area contributed by atoms with Crippen molar-refractivity contribution < 1.29 is 9.90 Å². The minimum Gasteiger partial charge on any atom is -0.393 e. The van der Waals surface area contributed by atoms with Gasteiger partial charge in [0, 0.05) is 6.42 Å². The Morgan fingerprint density at radius 2 is 2.08 bits per heavy atom. The van der Waals surface area contributed by atoms with Gasteiger partial charge in [0.25, 0.3) is 0 Å². The van der Waals surface area contributed by atoms with E-state index in [1.165, 1.54) is 31.3 Å². The van der Waals surface area contributed by atoms with Crippen LogP contribution in [0.5, 0.6) is 0 Å². The molecule has 4 aliphatic rings. The van der Waals surface area contributed by atoms with Gasteiger partial charge in [0.05, 0.1) is 6.10 Å². The molecule has 0 unspecified atom stereocenters. The van der Waals surface area contributed by atoms with Gasteiger partial charge in [0.2, 0.25) is 0 Å². The number of carbonyl (C=O) groups is 1. The zero-order valence-corrected chi connectivity index (χ0v) is 16.3. The second kappa shape index (κ2) is 6.51. The van der Waals surface area contributed by atoms with E-state index < -0.39 is 0 Å². The fraction of sp³-hybridized carbons (Fsp3) is 0.870. The molecule has 0 heterocycles. The quantitative estimate of drug-likeness (QED) is 0.768. The van der Waals surface area contributed by atoms with Crippen molar-refractivity contribution in [3.63, 3.8) is 0 Å². The molecular weight excluding hydrogens is 308 g/mol. The normalized spacial score (nSPS) is 47.5. The number of ketones is 1. The summed E-state index contributed by atoms with van der Waals surface area (Å²) in [5.74, 6) is 4.65. The predicted octanol–water partition coefficient (Wildman–Crippen LogP) is 5.15. The smallest absolute Gasteiger partial charge is 0.155 e. The average molecular weight is 345 g/mol. The van der Waals surface area contributed by atoms with Crippen LogP contribution in [0.25, 0.3) is 0 Å². The molecule has 0 saturated heterocycles. The van der Waals surface area contributed by atoms with E-state index in [2.05, 4.69) is 20.8 Å². The molecule has 0 amide bonds. The lowest BCUT2D eigenvalue weighted by molar-refractivity contribution is -0.116. The van der Waals surface area contributed by atoms with Crippen molar-refractivity contribution in [3.05, 3.63) is 11.6 Å². The standard InChI is InChI=1S/C23H36O2/c1-4-5-21(25)19-8-9-20-22-14(2)12-15-13-16(24)6-7-17(15)18(22)10-11-23(19,20)3/h13-14,17-22,25H,4-12H2,1-3H3/t14-,17+,18-,19+,20-,21-,22-,23-/m1/s1. The van der Waals surface area contributed by atoms with Crippen LogP contribution in [0.2, 0.25) is 0 Å². The van der Waals surface area contributed by atoms with E-state index in [-0.39, 0.29) is 6.10 Å². The fourth-order valence-corrected chi connectivity index (χ4v) is 7.76. The summed E-state index contributed by atoms with van der Waals surface area (Å²) in [4.78, 5) is 11.9. The molecule has 0 aromatic heterocycles. The number of hydrogen-bond acceptors (Lipinski definition) is 2. The topological polar surface area (TPSA) is 37.3 Å². The van der Waals surface area contributed by atoms with Gasteiger partial charge in [-0.15, -0.1) is 0 Å². The first-order valence-electron chi connectivity index (χ1n) is 10.9. The van der Waals surface area contributed by atoms with Crippen LogP contribution in [0.4, 0.5) is 0 Å². The van der Waals surface area contributed by atoms with E-state index in [1.807, 2.05) is 6.08 Å². The van der Waals surface area contributed by atoms with Crippen LogP contribution in [0.3, 0.4) is 0 Å². The molecule has 0 radical (unpaired) electrons. The van der Waals surface area contributed by atoms with Gasteiger partial charge in [-0.25, -0.2) is 0 Å². The Balaban J connectivity index is 1.60. The number of hydrogen-bond donors (Lipinski definition) is 1. The van der Waals surface area contributed by atoms with Gasteiger partial charge in [-0.05, 0) is 91.9 Å². The summed E-state index contributed by atoms with van der Waals surface area (Å²) >= 11 is 0. The first kappa shape index (κ1) is 17.8. The van der Waals surface area contributed by atoms with Crippen LogP contribution in [0, 0.1) is 40.9 Å². The van der Waals surface area contributed by atoms with Crippen molar-refractivity contribution in [1.29, 1.82) is 0 Å². The van der Waals surface area contributed by atoms with E-state index in [0.717, 1.165) is 49.9 Å². The minimum absolute atomic E-state index is 0.0989. The van der Waals surface area contributed by atoms with Gasteiger partial charge in [0.15, 0.2) is 5.78 Å². The highest BCUT2D eigenvalue weighted by molar-refractivity contribution is 5.91. The third-order valence-corrected chi connectivity index (χ3v) is 8.76. The summed E-state index contributed by atoms with van der Waals surface area (Å²) in [6.07, 6.45) is 12.1. The van der Waals surface area contributed by atoms with Gasteiger partial charge in [0.1, 0.15) is 0 Å². The number of allylic oxidation sites excluding steroid dienone is 1. The molecular formula is C23H36O2. The summed E-state index contributed by atoms with van der Waals surface area (Å²) in [5.41, 5.74) is 1.82. The van der Waals surface area contributed by atoms with E-state index >= 15 is 0 Å². The Morgan fingerprint density at radius 3 is 2.84 bits per heavy atom. The first-order chi connectivity index (χ1) is 12.0. The van der Waals surface area contributed by atoms with Crippen LogP contribution in [0.15, 0.2) is 11.6 Å². The lowest BCUT2D eigenvalue weighted by Gasteiger charge is -2.56. The molecule has 140 valence electrons. The summed E-state index contributed by atoms with van der Waals surface area (Å²) in [6.45, 7) is 7.14. The van der Waals surface area contributed by atoms with Gasteiger partial charge in [-0.1, -0.05) is 32.8 Å². The van der Waals surface area contributed by atoms with Crippen LogP contribution >= 0.6 is 0 Å². The Labute approximate surface area is 153 Å². The molecule has 2 nitrogen and oxygen atoms in total. The van der Waals surface area contributed by atoms with Gasteiger partial charge in [-0.3, -0.25) is 4.79 Å². The maximum Gasteiger partial charge on any atom is 0.155 e. The van der Waals surface area contributed by atoms with Crippen molar-refractivity contribution in [2.75, 3.05) is 0 Å². The Morgan fingerprint density at radius 1 is 1.28 bits per heavy atom. The molecule has 4 rings (SSSR count). The van der Waals surface area contributed by atoms with E-state index in [4.69, 9.17) is 0 Å². The molecule has 0 spiro atoms. The molecule has 4 aliphatic carbocycles. The monoisotopic (exact) mass is 344 g/mol. The Hall–Kier alpha value is -0.630. The molecule has 25 heavy (non-hydrogen) atoms. The molecule has 3 fully saturated rings. The zero-order chi connectivity index (χ0) is 17.8. The van der Waals surface area contributed by atoms with Crippen LogP contribution < -0.4 is 0 Å². The van der Waals surface area contributed by atoms with Crippen LogP contribution in [0.1, 0.15) is 78.6 Å². The minimum atomic E-state index is -0.0989. The zero-order valence-electron chi connectivity index (χ0n) is 16.3. The summed E-state index contributed by atoms with van der Waals surface area (Å²) in [7, 11) is 0. The second-order valence-electron chi connectivity index (χ2n) is 9.94. The molecule has 1 N–H and O–H groups in total. The van der Waals surface area contributed by atoms with Gasteiger partial charge >= 0.3 is 0 Å². The third-order valence-electron chi connectivity index (χ3n) is 8.76. The lowest BCUT2D eigenvalue weighted by atomic mass is 9.48. The highest BCUT2D eigenvalue weighted by Crippen LogP contribution is 2.65. The molecule has 0 bridgehead atoms. The Bertz CT molecular complexity index is 564. The molecule has 8 atom stereocenters. The number of fused-ring (bicyclic) bond motifs is 5. The first-order valence-corrected chi connectivity index (χ1v) is 10.9. The third kappa shape index (κ3) is 2.74. The average Bonchev–Trinajstić information content (AvgIpc) is 2.91. The largest absolute Gasteiger partial charge is 0.393 e.